The Morgan fingerprint density at radius 1 is 1.19 bits per heavy atom. The van der Waals surface area contributed by atoms with Gasteiger partial charge in [-0.3, -0.25) is 19.8 Å². The van der Waals surface area contributed by atoms with Gasteiger partial charge in [-0.05, 0) is 30.2 Å². The lowest BCUT2D eigenvalue weighted by Crippen LogP contribution is -2.30. The fraction of sp³-hybridized carbons (Fsp3) is 0.130. The largest absolute Gasteiger partial charge is 0.494 e. The molecule has 0 atom stereocenters. The topological polar surface area (TPSA) is 85.6 Å². The van der Waals surface area contributed by atoms with Crippen LogP contribution in [0.3, 0.4) is 0 Å². The first-order chi connectivity index (χ1) is 15.4. The van der Waals surface area contributed by atoms with Gasteiger partial charge in [0, 0.05) is 12.1 Å². The summed E-state index contributed by atoms with van der Waals surface area (Å²) in [5.74, 6) is 0.131. The van der Waals surface area contributed by atoms with Gasteiger partial charge in [-0.15, -0.1) is 0 Å². The number of amides is 1. The number of carbonyl (C=O) groups excluding carboxylic acids is 1. The molecule has 1 aromatic heterocycles. The van der Waals surface area contributed by atoms with Crippen LogP contribution in [0.5, 0.6) is 5.75 Å². The van der Waals surface area contributed by atoms with Gasteiger partial charge in [-0.2, -0.15) is 0 Å². The van der Waals surface area contributed by atoms with Crippen molar-refractivity contribution in [2.45, 2.75) is 13.5 Å². The second-order valence-corrected chi connectivity index (χ2v) is 8.44. The Bertz CT molecular complexity index is 1320. The van der Waals surface area contributed by atoms with Crippen molar-refractivity contribution in [3.63, 3.8) is 0 Å². The molecule has 0 spiro atoms. The van der Waals surface area contributed by atoms with Crippen molar-refractivity contribution in [3.8, 4) is 5.75 Å². The van der Waals surface area contributed by atoms with E-state index in [0.29, 0.717) is 16.4 Å². The van der Waals surface area contributed by atoms with Gasteiger partial charge in [0.05, 0.1) is 33.9 Å². The minimum Gasteiger partial charge on any atom is -0.494 e. The molecule has 7 nitrogen and oxygen atoms in total. The Balaban J connectivity index is 1.86. The van der Waals surface area contributed by atoms with Crippen molar-refractivity contribution in [1.82, 2.24) is 4.98 Å². The normalized spacial score (nSPS) is 10.8. The number of nitro benzene ring substituents is 1. The van der Waals surface area contributed by atoms with E-state index in [0.717, 1.165) is 15.8 Å². The number of ether oxygens (including phenoxy) is 1. The highest BCUT2D eigenvalue weighted by atomic mass is 35.5. The molecule has 4 rings (SSSR count). The lowest BCUT2D eigenvalue weighted by molar-refractivity contribution is -0.384. The van der Waals surface area contributed by atoms with Gasteiger partial charge >= 0.3 is 0 Å². The van der Waals surface area contributed by atoms with E-state index in [1.54, 1.807) is 7.11 Å². The molecule has 0 aliphatic carbocycles. The number of nitrogens with zero attached hydrogens (tertiary/aromatic N) is 3. The molecule has 0 saturated heterocycles. The summed E-state index contributed by atoms with van der Waals surface area (Å²) in [5, 5.41) is 11.8. The second-order valence-electron chi connectivity index (χ2n) is 7.06. The van der Waals surface area contributed by atoms with Crippen molar-refractivity contribution in [3.05, 3.63) is 92.5 Å². The molecular weight excluding hydrogens is 450 g/mol. The Morgan fingerprint density at radius 3 is 2.62 bits per heavy atom. The summed E-state index contributed by atoms with van der Waals surface area (Å²) in [5.41, 5.74) is 2.37. The molecule has 4 aromatic rings. The first-order valence-corrected chi connectivity index (χ1v) is 10.8. The van der Waals surface area contributed by atoms with E-state index in [1.165, 1.54) is 34.4 Å². The molecule has 0 bridgehead atoms. The number of carbonyl (C=O) groups is 1. The lowest BCUT2D eigenvalue weighted by Gasteiger charge is -2.20. The van der Waals surface area contributed by atoms with Gasteiger partial charge in [-0.1, -0.05) is 59.3 Å². The van der Waals surface area contributed by atoms with Crippen LogP contribution in [0.4, 0.5) is 10.8 Å². The van der Waals surface area contributed by atoms with Crippen LogP contribution >= 0.6 is 22.9 Å². The van der Waals surface area contributed by atoms with E-state index < -0.39 is 10.8 Å². The minimum absolute atomic E-state index is 0.0414. The number of benzene rings is 3. The summed E-state index contributed by atoms with van der Waals surface area (Å²) in [6, 6.07) is 17.0. The number of methoxy groups -OCH3 is 1. The van der Waals surface area contributed by atoms with E-state index in [1.807, 2.05) is 49.4 Å². The number of hydrogen-bond donors (Lipinski definition) is 0. The molecule has 1 heterocycles. The van der Waals surface area contributed by atoms with E-state index in [4.69, 9.17) is 21.3 Å². The summed E-state index contributed by atoms with van der Waals surface area (Å²) in [6.45, 7) is 2.18. The summed E-state index contributed by atoms with van der Waals surface area (Å²) < 4.78 is 6.34. The zero-order valence-electron chi connectivity index (χ0n) is 17.2. The quantitative estimate of drug-likeness (QED) is 0.255. The standard InChI is InChI=1S/C23H18ClN3O4S/c1-14-8-11-19(31-2)20-21(14)32-23(25-20)26(13-15-6-4-3-5-7-15)22(28)17-12-16(27(29)30)9-10-18(17)24/h3-12H,13H2,1-2H3. The van der Waals surface area contributed by atoms with Gasteiger partial charge in [0.2, 0.25) is 0 Å². The van der Waals surface area contributed by atoms with E-state index in [2.05, 4.69) is 0 Å². The SMILES string of the molecule is COc1ccc(C)c2sc(N(Cc3ccccc3)C(=O)c3cc([N+](=O)[O-])ccc3Cl)nc12. The van der Waals surface area contributed by atoms with E-state index in [-0.39, 0.29) is 22.8 Å². The number of aryl methyl sites for hydroxylation is 1. The van der Waals surface area contributed by atoms with Crippen LogP contribution in [0.25, 0.3) is 10.2 Å². The second kappa shape index (κ2) is 8.94. The molecule has 0 saturated carbocycles. The predicted octanol–water partition coefficient (Wildman–Crippen LogP) is 6.02. The molecular formula is C23H18ClN3O4S. The Labute approximate surface area is 193 Å². The number of thiazole rings is 1. The molecule has 0 unspecified atom stereocenters. The summed E-state index contributed by atoms with van der Waals surface area (Å²) in [7, 11) is 1.57. The number of hydrogen-bond acceptors (Lipinski definition) is 6. The Morgan fingerprint density at radius 2 is 1.94 bits per heavy atom. The molecule has 0 fully saturated rings. The average molecular weight is 468 g/mol. The molecule has 0 radical (unpaired) electrons. The van der Waals surface area contributed by atoms with Crippen molar-refractivity contribution in [2.24, 2.45) is 0 Å². The lowest BCUT2D eigenvalue weighted by atomic mass is 10.1. The number of nitro groups is 1. The minimum atomic E-state index is -0.555. The van der Waals surface area contributed by atoms with E-state index in [9.17, 15) is 14.9 Å². The number of aromatic nitrogens is 1. The van der Waals surface area contributed by atoms with Gasteiger partial charge < -0.3 is 4.74 Å². The van der Waals surface area contributed by atoms with Gasteiger partial charge in [0.15, 0.2) is 5.13 Å². The van der Waals surface area contributed by atoms with Crippen molar-refractivity contribution in [2.75, 3.05) is 12.0 Å². The van der Waals surface area contributed by atoms with Crippen LogP contribution in [0.1, 0.15) is 21.5 Å². The maximum Gasteiger partial charge on any atom is 0.270 e. The number of non-ortho nitro benzene ring substituents is 1. The summed E-state index contributed by atoms with van der Waals surface area (Å²) in [4.78, 5) is 30.5. The van der Waals surface area contributed by atoms with Crippen molar-refractivity contribution < 1.29 is 14.5 Å². The fourth-order valence-electron chi connectivity index (χ4n) is 3.31. The fourth-order valence-corrected chi connectivity index (χ4v) is 4.55. The Hall–Kier alpha value is -3.49. The number of rotatable bonds is 6. The maximum atomic E-state index is 13.6. The molecule has 9 heteroatoms. The predicted molar refractivity (Wildman–Crippen MR) is 126 cm³/mol. The van der Waals surface area contributed by atoms with Crippen molar-refractivity contribution >= 4 is 49.9 Å². The van der Waals surface area contributed by atoms with Crippen LogP contribution in [-0.4, -0.2) is 22.9 Å². The van der Waals surface area contributed by atoms with Crippen LogP contribution in [0, 0.1) is 17.0 Å². The van der Waals surface area contributed by atoms with Gasteiger partial charge in [-0.25, -0.2) is 4.98 Å². The van der Waals surface area contributed by atoms with Crippen LogP contribution in [-0.2, 0) is 6.54 Å². The zero-order chi connectivity index (χ0) is 22.8. The van der Waals surface area contributed by atoms with Gasteiger partial charge in [0.1, 0.15) is 11.3 Å². The molecule has 1 amide bonds. The summed E-state index contributed by atoms with van der Waals surface area (Å²) >= 11 is 7.63. The third kappa shape index (κ3) is 4.15. The first-order valence-electron chi connectivity index (χ1n) is 9.63. The molecule has 0 aliphatic rings. The van der Waals surface area contributed by atoms with Gasteiger partial charge in [0.25, 0.3) is 11.6 Å². The third-order valence-corrected chi connectivity index (χ3v) is 6.51. The first kappa shape index (κ1) is 21.7. The van der Waals surface area contributed by atoms with Crippen LogP contribution in [0.15, 0.2) is 60.7 Å². The number of anilines is 1. The van der Waals surface area contributed by atoms with Crippen LogP contribution in [0.2, 0.25) is 5.02 Å². The van der Waals surface area contributed by atoms with Crippen LogP contribution < -0.4 is 9.64 Å². The Kier molecular flexibility index (Phi) is 6.07. The highest BCUT2D eigenvalue weighted by Crippen LogP contribution is 2.38. The zero-order valence-corrected chi connectivity index (χ0v) is 18.8. The number of halogens is 1. The van der Waals surface area contributed by atoms with Crippen molar-refractivity contribution in [1.29, 1.82) is 0 Å². The molecule has 3 aromatic carbocycles. The summed E-state index contributed by atoms with van der Waals surface area (Å²) in [6.07, 6.45) is 0. The molecule has 32 heavy (non-hydrogen) atoms. The molecule has 162 valence electrons. The highest BCUT2D eigenvalue weighted by molar-refractivity contribution is 7.22. The number of fused-ring (bicyclic) bond motifs is 1. The van der Waals surface area contributed by atoms with E-state index >= 15 is 0 Å². The molecule has 0 aliphatic heterocycles. The average Bonchev–Trinajstić information content (AvgIpc) is 3.24. The highest BCUT2D eigenvalue weighted by Gasteiger charge is 2.26. The monoisotopic (exact) mass is 467 g/mol. The maximum absolute atomic E-state index is 13.6. The molecule has 0 N–H and O–H groups in total. The smallest absolute Gasteiger partial charge is 0.270 e. The third-order valence-electron chi connectivity index (χ3n) is 4.96.